The summed E-state index contributed by atoms with van der Waals surface area (Å²) >= 11 is 0. The number of pyridine rings is 1. The molecule has 2 aromatic heterocycles. The summed E-state index contributed by atoms with van der Waals surface area (Å²) in [5.74, 6) is 2.44. The predicted octanol–water partition coefficient (Wildman–Crippen LogP) is 3.03. The molecule has 1 saturated heterocycles. The van der Waals surface area contributed by atoms with Crippen molar-refractivity contribution >= 4 is 11.0 Å². The molecule has 1 fully saturated rings. The van der Waals surface area contributed by atoms with Crippen molar-refractivity contribution in [1.29, 1.82) is 0 Å². The first-order chi connectivity index (χ1) is 13.6. The highest BCUT2D eigenvalue weighted by atomic mass is 16.5. The summed E-state index contributed by atoms with van der Waals surface area (Å²) < 4.78 is 19.1. The van der Waals surface area contributed by atoms with Crippen molar-refractivity contribution < 1.29 is 14.2 Å². The minimum absolute atomic E-state index is 0.0706. The lowest BCUT2D eigenvalue weighted by Crippen LogP contribution is -2.26. The molecule has 4 rings (SSSR count). The smallest absolute Gasteiger partial charge is 0.241 e. The van der Waals surface area contributed by atoms with Crippen molar-refractivity contribution in [2.24, 2.45) is 13.0 Å². The second kappa shape index (κ2) is 7.67. The topological polar surface area (TPSA) is 70.4 Å². The molecule has 1 aliphatic heterocycles. The molecule has 1 aromatic carbocycles. The minimum Gasteiger partial charge on any atom is -0.493 e. The number of aryl methyl sites for hydroxylation is 1. The van der Waals surface area contributed by atoms with E-state index in [0.29, 0.717) is 23.3 Å². The summed E-state index contributed by atoms with van der Waals surface area (Å²) in [6, 6.07) is 7.74. The van der Waals surface area contributed by atoms with Gasteiger partial charge in [0.25, 0.3) is 0 Å². The number of imidazole rings is 1. The number of nitrogens with zero attached hydrogens (tertiary/aromatic N) is 3. The van der Waals surface area contributed by atoms with Gasteiger partial charge in [-0.1, -0.05) is 0 Å². The lowest BCUT2D eigenvalue weighted by molar-refractivity contribution is 0.156. The van der Waals surface area contributed by atoms with Gasteiger partial charge in [-0.25, -0.2) is 9.97 Å². The number of benzene rings is 1. The van der Waals surface area contributed by atoms with Gasteiger partial charge in [-0.15, -0.1) is 0 Å². The fourth-order valence-electron chi connectivity index (χ4n) is 3.71. The number of rotatable bonds is 6. The monoisotopic (exact) mass is 382 g/mol. The van der Waals surface area contributed by atoms with Crippen molar-refractivity contribution in [3.63, 3.8) is 0 Å². The maximum Gasteiger partial charge on any atom is 0.241 e. The number of ether oxygens (including phenoxy) is 3. The SMILES string of the molecule is COc1ccc(-c2cc3ncn(C)c3c(O[C@@H](C)[C@@H]3CCNC3)n2)cc1OC. The number of aromatic nitrogens is 3. The van der Waals surface area contributed by atoms with Crippen LogP contribution >= 0.6 is 0 Å². The van der Waals surface area contributed by atoms with Crippen LogP contribution in [-0.2, 0) is 7.05 Å². The highest BCUT2D eigenvalue weighted by Crippen LogP contribution is 2.35. The summed E-state index contributed by atoms with van der Waals surface area (Å²) in [5, 5.41) is 3.40. The van der Waals surface area contributed by atoms with Crippen LogP contribution in [0.25, 0.3) is 22.3 Å². The second-order valence-corrected chi connectivity index (χ2v) is 7.18. The molecule has 0 unspecified atom stereocenters. The van der Waals surface area contributed by atoms with Gasteiger partial charge in [0, 0.05) is 25.1 Å². The third kappa shape index (κ3) is 3.38. The van der Waals surface area contributed by atoms with Crippen LogP contribution in [0.3, 0.4) is 0 Å². The maximum atomic E-state index is 6.35. The lowest BCUT2D eigenvalue weighted by atomic mass is 10.0. The maximum absolute atomic E-state index is 6.35. The van der Waals surface area contributed by atoms with Gasteiger partial charge in [0.1, 0.15) is 11.6 Å². The van der Waals surface area contributed by atoms with E-state index in [2.05, 4.69) is 17.2 Å². The average molecular weight is 382 g/mol. The Balaban J connectivity index is 1.76. The van der Waals surface area contributed by atoms with E-state index in [4.69, 9.17) is 19.2 Å². The summed E-state index contributed by atoms with van der Waals surface area (Å²) in [5.41, 5.74) is 3.47. The van der Waals surface area contributed by atoms with Crippen LogP contribution in [0.15, 0.2) is 30.6 Å². The molecular weight excluding hydrogens is 356 g/mol. The number of fused-ring (bicyclic) bond motifs is 1. The highest BCUT2D eigenvalue weighted by molar-refractivity contribution is 5.84. The normalized spacial score (nSPS) is 17.6. The van der Waals surface area contributed by atoms with E-state index >= 15 is 0 Å². The van der Waals surface area contributed by atoms with Crippen LogP contribution in [0.4, 0.5) is 0 Å². The highest BCUT2D eigenvalue weighted by Gasteiger charge is 2.25. The molecular formula is C21H26N4O3. The summed E-state index contributed by atoms with van der Waals surface area (Å²) in [6.07, 6.45) is 2.98. The quantitative estimate of drug-likeness (QED) is 0.707. The first-order valence-corrected chi connectivity index (χ1v) is 9.52. The third-order valence-electron chi connectivity index (χ3n) is 5.40. The first-order valence-electron chi connectivity index (χ1n) is 9.52. The molecule has 7 nitrogen and oxygen atoms in total. The van der Waals surface area contributed by atoms with Crippen LogP contribution in [-0.4, -0.2) is 47.9 Å². The minimum atomic E-state index is 0.0706. The van der Waals surface area contributed by atoms with E-state index in [1.807, 2.05) is 35.9 Å². The van der Waals surface area contributed by atoms with Crippen LogP contribution in [0.5, 0.6) is 17.4 Å². The van der Waals surface area contributed by atoms with Crippen molar-refractivity contribution in [1.82, 2.24) is 19.9 Å². The zero-order valence-corrected chi connectivity index (χ0v) is 16.7. The van der Waals surface area contributed by atoms with Gasteiger partial charge < -0.3 is 24.1 Å². The molecule has 3 heterocycles. The van der Waals surface area contributed by atoms with Gasteiger partial charge in [-0.2, -0.15) is 0 Å². The molecule has 3 aromatic rings. The van der Waals surface area contributed by atoms with Gasteiger partial charge in [-0.3, -0.25) is 0 Å². The molecule has 0 spiro atoms. The summed E-state index contributed by atoms with van der Waals surface area (Å²) in [7, 11) is 5.21. The number of nitrogens with one attached hydrogen (secondary N) is 1. The fourth-order valence-corrected chi connectivity index (χ4v) is 3.71. The molecule has 0 radical (unpaired) electrons. The molecule has 0 saturated carbocycles. The zero-order chi connectivity index (χ0) is 19.7. The Bertz CT molecular complexity index is 979. The standard InChI is InChI=1S/C21H26N4O3/c1-13(15-7-8-22-11-15)28-21-20-17(23-12-25(20)2)10-16(24-21)14-5-6-18(26-3)19(9-14)27-4/h5-6,9-10,12-13,15,22H,7-8,11H2,1-4H3/t13-,15+/m0/s1. The van der Waals surface area contributed by atoms with Gasteiger partial charge >= 0.3 is 0 Å². The molecule has 7 heteroatoms. The second-order valence-electron chi connectivity index (χ2n) is 7.18. The van der Waals surface area contributed by atoms with E-state index < -0.39 is 0 Å². The van der Waals surface area contributed by atoms with Crippen LogP contribution in [0.1, 0.15) is 13.3 Å². The van der Waals surface area contributed by atoms with E-state index in [0.717, 1.165) is 41.8 Å². The first kappa shape index (κ1) is 18.6. The van der Waals surface area contributed by atoms with Gasteiger partial charge in [0.05, 0.1) is 31.8 Å². The Morgan fingerprint density at radius 1 is 1.18 bits per heavy atom. The van der Waals surface area contributed by atoms with Crippen LogP contribution in [0.2, 0.25) is 0 Å². The Hall–Kier alpha value is -2.80. The Labute approximate surface area is 164 Å². The number of hydrogen-bond acceptors (Lipinski definition) is 6. The van der Waals surface area contributed by atoms with Crippen molar-refractivity contribution in [2.75, 3.05) is 27.3 Å². The number of methoxy groups -OCH3 is 2. The van der Waals surface area contributed by atoms with Gasteiger partial charge in [-0.05, 0) is 44.2 Å². The van der Waals surface area contributed by atoms with Gasteiger partial charge in [0.15, 0.2) is 11.5 Å². The third-order valence-corrected chi connectivity index (χ3v) is 5.40. The summed E-state index contributed by atoms with van der Waals surface area (Å²) in [4.78, 5) is 9.37. The van der Waals surface area contributed by atoms with E-state index in [1.165, 1.54) is 0 Å². The van der Waals surface area contributed by atoms with Crippen molar-refractivity contribution in [3.05, 3.63) is 30.6 Å². The molecule has 0 aliphatic carbocycles. The summed E-state index contributed by atoms with van der Waals surface area (Å²) in [6.45, 7) is 4.13. The largest absolute Gasteiger partial charge is 0.493 e. The van der Waals surface area contributed by atoms with Crippen LogP contribution < -0.4 is 19.5 Å². The number of hydrogen-bond donors (Lipinski definition) is 1. The molecule has 1 aliphatic rings. The van der Waals surface area contributed by atoms with Gasteiger partial charge in [0.2, 0.25) is 5.88 Å². The zero-order valence-electron chi connectivity index (χ0n) is 16.7. The fraction of sp³-hybridized carbons (Fsp3) is 0.429. The van der Waals surface area contributed by atoms with E-state index in [1.54, 1.807) is 20.5 Å². The molecule has 1 N–H and O–H groups in total. The van der Waals surface area contributed by atoms with E-state index in [9.17, 15) is 0 Å². The molecule has 0 bridgehead atoms. The Kier molecular flexibility index (Phi) is 5.09. The Morgan fingerprint density at radius 3 is 2.71 bits per heavy atom. The predicted molar refractivity (Wildman–Crippen MR) is 108 cm³/mol. The molecule has 28 heavy (non-hydrogen) atoms. The molecule has 2 atom stereocenters. The van der Waals surface area contributed by atoms with Crippen LogP contribution in [0, 0.1) is 5.92 Å². The van der Waals surface area contributed by atoms with Crippen molar-refractivity contribution in [3.8, 4) is 28.6 Å². The molecule has 0 amide bonds. The lowest BCUT2D eigenvalue weighted by Gasteiger charge is -2.20. The Morgan fingerprint density at radius 2 is 2.00 bits per heavy atom. The van der Waals surface area contributed by atoms with Crippen molar-refractivity contribution in [2.45, 2.75) is 19.4 Å². The molecule has 148 valence electrons. The average Bonchev–Trinajstić information content (AvgIpc) is 3.38. The van der Waals surface area contributed by atoms with E-state index in [-0.39, 0.29) is 6.10 Å².